The molecular weight excluding hydrogens is 260 g/mol. The third kappa shape index (κ3) is 2.78. The summed E-state index contributed by atoms with van der Waals surface area (Å²) in [6.45, 7) is 8.69. The fourth-order valence-corrected chi connectivity index (χ4v) is 3.53. The summed E-state index contributed by atoms with van der Waals surface area (Å²) >= 11 is 8.40. The Morgan fingerprint density at radius 2 is 1.56 bits per heavy atom. The minimum Gasteiger partial charge on any atom is -0.146 e. The van der Waals surface area contributed by atoms with Gasteiger partial charge < -0.3 is 0 Å². The fourth-order valence-electron chi connectivity index (χ4n) is 2.13. The molecule has 0 bridgehead atoms. The van der Waals surface area contributed by atoms with Crippen LogP contribution in [0.4, 0.5) is 0 Å². The van der Waals surface area contributed by atoms with E-state index in [2.05, 4.69) is 58.0 Å². The maximum absolute atomic E-state index is 6.59. The highest BCUT2D eigenvalue weighted by Gasteiger charge is 2.15. The van der Waals surface area contributed by atoms with Crippen molar-refractivity contribution in [2.45, 2.75) is 39.0 Å². The number of hydrogen-bond acceptors (Lipinski definition) is 1. The van der Waals surface area contributed by atoms with Crippen molar-refractivity contribution in [2.75, 3.05) is 0 Å². The van der Waals surface area contributed by atoms with Gasteiger partial charge in [-0.2, -0.15) is 0 Å². The molecule has 0 amide bonds. The molecular formula is C16H19ClS. The molecule has 0 nitrogen and oxygen atoms in total. The molecule has 0 saturated carbocycles. The molecule has 0 aliphatic heterocycles. The van der Waals surface area contributed by atoms with Crippen molar-refractivity contribution in [1.29, 1.82) is 0 Å². The summed E-state index contributed by atoms with van der Waals surface area (Å²) in [6.07, 6.45) is 0. The van der Waals surface area contributed by atoms with Gasteiger partial charge in [-0.05, 0) is 42.5 Å². The van der Waals surface area contributed by atoms with Crippen LogP contribution in [0.15, 0.2) is 30.3 Å². The molecule has 2 rings (SSSR count). The van der Waals surface area contributed by atoms with Crippen LogP contribution in [-0.4, -0.2) is 0 Å². The molecule has 1 atom stereocenters. The molecule has 1 aromatic carbocycles. The quantitative estimate of drug-likeness (QED) is 0.621. The molecule has 0 fully saturated rings. The van der Waals surface area contributed by atoms with Crippen molar-refractivity contribution in [3.8, 4) is 0 Å². The molecule has 0 saturated heterocycles. The van der Waals surface area contributed by atoms with Gasteiger partial charge in [-0.25, -0.2) is 0 Å². The molecule has 2 heteroatoms. The van der Waals surface area contributed by atoms with Gasteiger partial charge in [-0.1, -0.05) is 38.1 Å². The smallest absolute Gasteiger partial charge is 0.0846 e. The van der Waals surface area contributed by atoms with Gasteiger partial charge in [0.15, 0.2) is 0 Å². The lowest BCUT2D eigenvalue weighted by atomic mass is 9.99. The van der Waals surface area contributed by atoms with Crippen molar-refractivity contribution in [1.82, 2.24) is 0 Å². The Balaban J connectivity index is 2.28. The van der Waals surface area contributed by atoms with E-state index in [4.69, 9.17) is 11.6 Å². The van der Waals surface area contributed by atoms with Crippen LogP contribution >= 0.6 is 22.9 Å². The first kappa shape index (κ1) is 13.6. The van der Waals surface area contributed by atoms with E-state index in [-0.39, 0.29) is 5.38 Å². The van der Waals surface area contributed by atoms with Gasteiger partial charge >= 0.3 is 0 Å². The van der Waals surface area contributed by atoms with E-state index in [1.807, 2.05) is 11.3 Å². The Morgan fingerprint density at radius 3 is 2.00 bits per heavy atom. The van der Waals surface area contributed by atoms with E-state index in [0.29, 0.717) is 5.92 Å². The van der Waals surface area contributed by atoms with Crippen LogP contribution in [0.25, 0.3) is 0 Å². The molecule has 1 unspecified atom stereocenters. The molecule has 96 valence electrons. The highest BCUT2D eigenvalue weighted by molar-refractivity contribution is 7.12. The van der Waals surface area contributed by atoms with Gasteiger partial charge in [0.25, 0.3) is 0 Å². The SMILES string of the molecule is Cc1cc(C(Cl)c2ccc(C(C)C)cc2)c(C)s1. The Kier molecular flexibility index (Phi) is 4.14. The van der Waals surface area contributed by atoms with Crippen molar-refractivity contribution < 1.29 is 0 Å². The molecule has 0 radical (unpaired) electrons. The van der Waals surface area contributed by atoms with Crippen LogP contribution in [-0.2, 0) is 0 Å². The number of thiophene rings is 1. The summed E-state index contributed by atoms with van der Waals surface area (Å²) in [4.78, 5) is 2.65. The van der Waals surface area contributed by atoms with Crippen LogP contribution in [0.3, 0.4) is 0 Å². The van der Waals surface area contributed by atoms with E-state index >= 15 is 0 Å². The van der Waals surface area contributed by atoms with E-state index < -0.39 is 0 Å². The lowest BCUT2D eigenvalue weighted by molar-refractivity contribution is 0.865. The Labute approximate surface area is 119 Å². The van der Waals surface area contributed by atoms with Crippen molar-refractivity contribution >= 4 is 22.9 Å². The van der Waals surface area contributed by atoms with Gasteiger partial charge in [0.2, 0.25) is 0 Å². The molecule has 1 heterocycles. The minimum atomic E-state index is -0.0313. The maximum atomic E-state index is 6.59. The maximum Gasteiger partial charge on any atom is 0.0846 e. The molecule has 0 aliphatic rings. The van der Waals surface area contributed by atoms with Gasteiger partial charge in [0.1, 0.15) is 0 Å². The van der Waals surface area contributed by atoms with Crippen molar-refractivity contribution in [3.05, 3.63) is 56.8 Å². The monoisotopic (exact) mass is 278 g/mol. The highest BCUT2D eigenvalue weighted by atomic mass is 35.5. The predicted octanol–water partition coefficient (Wildman–Crippen LogP) is 5.82. The second-order valence-corrected chi connectivity index (χ2v) is 6.95. The third-order valence-corrected chi connectivity index (χ3v) is 4.72. The average Bonchev–Trinajstić information content (AvgIpc) is 2.67. The van der Waals surface area contributed by atoms with Gasteiger partial charge in [0, 0.05) is 9.75 Å². The van der Waals surface area contributed by atoms with Crippen LogP contribution < -0.4 is 0 Å². The molecule has 1 aromatic heterocycles. The number of benzene rings is 1. The number of hydrogen-bond donors (Lipinski definition) is 0. The van der Waals surface area contributed by atoms with E-state index in [1.54, 1.807) is 0 Å². The normalized spacial score (nSPS) is 13.0. The van der Waals surface area contributed by atoms with Gasteiger partial charge in [-0.3, -0.25) is 0 Å². The van der Waals surface area contributed by atoms with E-state index in [9.17, 15) is 0 Å². The first-order chi connectivity index (χ1) is 8.49. The number of rotatable bonds is 3. The minimum absolute atomic E-state index is 0.0313. The topological polar surface area (TPSA) is 0 Å². The second-order valence-electron chi connectivity index (χ2n) is 5.05. The summed E-state index contributed by atoms with van der Waals surface area (Å²) in [6, 6.07) is 10.9. The highest BCUT2D eigenvalue weighted by Crippen LogP contribution is 2.35. The van der Waals surface area contributed by atoms with Crippen molar-refractivity contribution in [3.63, 3.8) is 0 Å². The zero-order valence-electron chi connectivity index (χ0n) is 11.3. The summed E-state index contributed by atoms with van der Waals surface area (Å²) in [7, 11) is 0. The summed E-state index contributed by atoms with van der Waals surface area (Å²) < 4.78 is 0. The average molecular weight is 279 g/mol. The third-order valence-electron chi connectivity index (χ3n) is 3.25. The summed E-state index contributed by atoms with van der Waals surface area (Å²) in [5, 5.41) is -0.0313. The molecule has 2 aromatic rings. The Bertz CT molecular complexity index is 523. The van der Waals surface area contributed by atoms with Gasteiger partial charge in [-0.15, -0.1) is 22.9 Å². The van der Waals surface area contributed by atoms with Crippen LogP contribution in [0, 0.1) is 13.8 Å². The standard InChI is InChI=1S/C16H19ClS/c1-10(2)13-5-7-14(8-6-13)16(17)15-9-11(3)18-12(15)4/h5-10,16H,1-4H3. The van der Waals surface area contributed by atoms with Gasteiger partial charge in [0.05, 0.1) is 5.38 Å². The molecule has 0 aliphatic carbocycles. The van der Waals surface area contributed by atoms with Crippen LogP contribution in [0.5, 0.6) is 0 Å². The number of alkyl halides is 1. The Morgan fingerprint density at radius 1 is 1.00 bits per heavy atom. The Hall–Kier alpha value is -0.790. The zero-order valence-corrected chi connectivity index (χ0v) is 12.9. The van der Waals surface area contributed by atoms with E-state index in [0.717, 1.165) is 0 Å². The summed E-state index contributed by atoms with van der Waals surface area (Å²) in [5.74, 6) is 0.568. The molecule has 18 heavy (non-hydrogen) atoms. The zero-order chi connectivity index (χ0) is 13.3. The van der Waals surface area contributed by atoms with Crippen LogP contribution in [0.1, 0.15) is 51.6 Å². The van der Waals surface area contributed by atoms with Crippen LogP contribution in [0.2, 0.25) is 0 Å². The van der Waals surface area contributed by atoms with Crippen molar-refractivity contribution in [2.24, 2.45) is 0 Å². The van der Waals surface area contributed by atoms with E-state index in [1.165, 1.54) is 26.4 Å². The number of aryl methyl sites for hydroxylation is 2. The second kappa shape index (κ2) is 5.46. The molecule has 0 spiro atoms. The number of halogens is 1. The molecule has 0 N–H and O–H groups in total. The fraction of sp³-hybridized carbons (Fsp3) is 0.375. The first-order valence-corrected chi connectivity index (χ1v) is 7.55. The lowest BCUT2D eigenvalue weighted by Crippen LogP contribution is -1.94. The predicted molar refractivity (Wildman–Crippen MR) is 82.0 cm³/mol. The largest absolute Gasteiger partial charge is 0.146 e. The lowest BCUT2D eigenvalue weighted by Gasteiger charge is -2.12. The first-order valence-electron chi connectivity index (χ1n) is 6.30. The summed E-state index contributed by atoms with van der Waals surface area (Å²) in [5.41, 5.74) is 3.79.